The summed E-state index contributed by atoms with van der Waals surface area (Å²) < 4.78 is 25.5. The molecule has 5 heteroatoms. The van der Waals surface area contributed by atoms with Crippen molar-refractivity contribution in [3.8, 4) is 0 Å². The third-order valence-electron chi connectivity index (χ3n) is 2.22. The number of rotatable bonds is 9. The van der Waals surface area contributed by atoms with Crippen LogP contribution in [0.15, 0.2) is 0 Å². The predicted octanol–water partition coefficient (Wildman–Crippen LogP) is 3.78. The fraction of sp³-hybridized carbons (Fsp3) is 1.00. The molecule has 0 aromatic carbocycles. The molecule has 17 heavy (non-hydrogen) atoms. The van der Waals surface area contributed by atoms with Crippen molar-refractivity contribution in [2.45, 2.75) is 41.5 Å². The Morgan fingerprint density at radius 2 is 1.29 bits per heavy atom. The maximum Gasteiger partial charge on any atom is 0.408 e. The zero-order valence-electron chi connectivity index (χ0n) is 12.1. The van der Waals surface area contributed by atoms with Crippen LogP contribution in [0.4, 0.5) is 0 Å². The molecule has 0 heterocycles. The van der Waals surface area contributed by atoms with Gasteiger partial charge in [0, 0.05) is 13.1 Å². The molecule has 0 unspecified atom stereocenters. The van der Waals surface area contributed by atoms with Crippen LogP contribution in [0.2, 0.25) is 0 Å². The van der Waals surface area contributed by atoms with Gasteiger partial charge in [-0.25, -0.2) is 9.24 Å². The highest BCUT2D eigenvalue weighted by Crippen LogP contribution is 2.52. The van der Waals surface area contributed by atoms with Gasteiger partial charge in [-0.05, 0) is 11.8 Å². The Bertz CT molecular complexity index is 224. The van der Waals surface area contributed by atoms with E-state index in [1.807, 2.05) is 41.5 Å². The Balaban J connectivity index is 4.61. The number of hydrogen-bond acceptors (Lipinski definition) is 3. The molecule has 0 saturated heterocycles. The van der Waals surface area contributed by atoms with Crippen LogP contribution in [0.3, 0.4) is 0 Å². The first kappa shape index (κ1) is 17.1. The van der Waals surface area contributed by atoms with Crippen LogP contribution in [0.5, 0.6) is 0 Å². The molecule has 0 aliphatic carbocycles. The van der Waals surface area contributed by atoms with Crippen molar-refractivity contribution in [3.05, 3.63) is 0 Å². The highest BCUT2D eigenvalue weighted by atomic mass is 31.2. The van der Waals surface area contributed by atoms with Gasteiger partial charge in [0.25, 0.3) is 0 Å². The maximum atomic E-state index is 12.7. The highest BCUT2D eigenvalue weighted by Gasteiger charge is 2.32. The summed E-state index contributed by atoms with van der Waals surface area (Å²) in [6.45, 7) is 14.3. The molecule has 0 bridgehead atoms. The summed E-state index contributed by atoms with van der Waals surface area (Å²) in [5, 5.41) is 0. The molecule has 0 N–H and O–H groups in total. The molecule has 104 valence electrons. The molecule has 0 saturated carbocycles. The van der Waals surface area contributed by atoms with Gasteiger partial charge in [-0.1, -0.05) is 41.5 Å². The topological polar surface area (TPSA) is 38.8 Å². The standard InChI is InChI=1S/C12H28NO3P/c1-7-13(8-2)17(14,15-9-11(3)4)16-10-12(5)6/h11-12H,7-10H2,1-6H3. The first-order valence-corrected chi connectivity index (χ1v) is 7.99. The van der Waals surface area contributed by atoms with E-state index in [4.69, 9.17) is 9.05 Å². The normalized spacial score (nSPS) is 13.0. The van der Waals surface area contributed by atoms with Crippen LogP contribution < -0.4 is 0 Å². The average molecular weight is 265 g/mol. The second kappa shape index (κ2) is 8.25. The third kappa shape index (κ3) is 6.56. The third-order valence-corrected chi connectivity index (χ3v) is 4.43. The van der Waals surface area contributed by atoms with Crippen LogP contribution in [0.25, 0.3) is 0 Å². The van der Waals surface area contributed by atoms with E-state index in [1.54, 1.807) is 4.67 Å². The lowest BCUT2D eigenvalue weighted by Gasteiger charge is -2.29. The number of hydrogen-bond donors (Lipinski definition) is 0. The monoisotopic (exact) mass is 265 g/mol. The summed E-state index contributed by atoms with van der Waals surface area (Å²) in [6, 6.07) is 0. The minimum atomic E-state index is -3.10. The fourth-order valence-corrected chi connectivity index (χ4v) is 3.32. The smallest absolute Gasteiger partial charge is 0.296 e. The van der Waals surface area contributed by atoms with Crippen molar-refractivity contribution in [3.63, 3.8) is 0 Å². The van der Waals surface area contributed by atoms with Crippen molar-refractivity contribution < 1.29 is 13.6 Å². The molecular weight excluding hydrogens is 237 g/mol. The molecule has 0 aliphatic rings. The Morgan fingerprint density at radius 1 is 0.941 bits per heavy atom. The lowest BCUT2D eigenvalue weighted by molar-refractivity contribution is 0.136. The maximum absolute atomic E-state index is 12.7. The second-order valence-electron chi connectivity index (χ2n) is 4.99. The van der Waals surface area contributed by atoms with Gasteiger partial charge in [0.05, 0.1) is 13.2 Å². The molecule has 0 amide bonds. The lowest BCUT2D eigenvalue weighted by Crippen LogP contribution is -2.24. The van der Waals surface area contributed by atoms with E-state index in [2.05, 4.69) is 0 Å². The van der Waals surface area contributed by atoms with E-state index in [0.717, 1.165) is 0 Å². The van der Waals surface area contributed by atoms with Gasteiger partial charge < -0.3 is 0 Å². The van der Waals surface area contributed by atoms with Crippen LogP contribution >= 0.6 is 7.75 Å². The predicted molar refractivity (Wildman–Crippen MR) is 72.1 cm³/mol. The Morgan fingerprint density at radius 3 is 1.53 bits per heavy atom. The summed E-state index contributed by atoms with van der Waals surface area (Å²) in [5.41, 5.74) is 0. The zero-order chi connectivity index (χ0) is 13.5. The SMILES string of the molecule is CCN(CC)P(=O)(OCC(C)C)OCC(C)C. The van der Waals surface area contributed by atoms with Crippen LogP contribution in [0, 0.1) is 11.8 Å². The molecule has 0 aromatic rings. The molecule has 4 nitrogen and oxygen atoms in total. The Hall–Kier alpha value is 0.110. The molecule has 0 aliphatic heterocycles. The van der Waals surface area contributed by atoms with Gasteiger partial charge in [0.2, 0.25) is 0 Å². The second-order valence-corrected chi connectivity index (χ2v) is 7.01. The molecule has 0 aromatic heterocycles. The highest BCUT2D eigenvalue weighted by molar-refractivity contribution is 7.51. The van der Waals surface area contributed by atoms with Crippen molar-refractivity contribution in [1.82, 2.24) is 4.67 Å². The Kier molecular flexibility index (Phi) is 8.31. The molecule has 0 spiro atoms. The first-order chi connectivity index (χ1) is 7.85. The first-order valence-electron chi connectivity index (χ1n) is 6.50. The van der Waals surface area contributed by atoms with Gasteiger partial charge in [-0.3, -0.25) is 9.05 Å². The van der Waals surface area contributed by atoms with Gasteiger partial charge >= 0.3 is 7.75 Å². The van der Waals surface area contributed by atoms with Crippen molar-refractivity contribution in [1.29, 1.82) is 0 Å². The van der Waals surface area contributed by atoms with Crippen molar-refractivity contribution in [2.24, 2.45) is 11.8 Å². The quantitative estimate of drug-likeness (QED) is 0.595. The summed E-state index contributed by atoms with van der Waals surface area (Å²) >= 11 is 0. The van der Waals surface area contributed by atoms with Crippen LogP contribution in [-0.2, 0) is 13.6 Å². The van der Waals surface area contributed by atoms with Gasteiger partial charge in [-0.15, -0.1) is 0 Å². The summed E-state index contributed by atoms with van der Waals surface area (Å²) in [5.74, 6) is 0.697. The fourth-order valence-electron chi connectivity index (χ4n) is 1.26. The molecule has 0 rings (SSSR count). The molecular formula is C12H28NO3P. The van der Waals surface area contributed by atoms with Crippen LogP contribution in [-0.4, -0.2) is 31.0 Å². The molecule has 0 radical (unpaired) electrons. The Labute approximate surface area is 106 Å². The van der Waals surface area contributed by atoms with Gasteiger partial charge in [-0.2, -0.15) is 0 Å². The van der Waals surface area contributed by atoms with Crippen LogP contribution in [0.1, 0.15) is 41.5 Å². The van der Waals surface area contributed by atoms with Gasteiger partial charge in [0.15, 0.2) is 0 Å². The minimum Gasteiger partial charge on any atom is -0.296 e. The van der Waals surface area contributed by atoms with E-state index in [1.165, 1.54) is 0 Å². The number of nitrogens with zero attached hydrogens (tertiary/aromatic N) is 1. The zero-order valence-corrected chi connectivity index (χ0v) is 13.0. The summed E-state index contributed by atoms with van der Waals surface area (Å²) in [7, 11) is -3.10. The molecule has 0 atom stereocenters. The lowest BCUT2D eigenvalue weighted by atomic mass is 10.2. The van der Waals surface area contributed by atoms with E-state index in [9.17, 15) is 4.57 Å². The van der Waals surface area contributed by atoms with E-state index >= 15 is 0 Å². The van der Waals surface area contributed by atoms with E-state index in [0.29, 0.717) is 38.1 Å². The van der Waals surface area contributed by atoms with Gasteiger partial charge in [0.1, 0.15) is 0 Å². The largest absolute Gasteiger partial charge is 0.408 e. The summed E-state index contributed by atoms with van der Waals surface area (Å²) in [4.78, 5) is 0. The average Bonchev–Trinajstić information content (AvgIpc) is 2.25. The molecule has 0 fully saturated rings. The van der Waals surface area contributed by atoms with E-state index in [-0.39, 0.29) is 0 Å². The summed E-state index contributed by atoms with van der Waals surface area (Å²) in [6.07, 6.45) is 0. The minimum absolute atomic E-state index is 0.349. The van der Waals surface area contributed by atoms with E-state index < -0.39 is 7.75 Å². The van der Waals surface area contributed by atoms with Crippen molar-refractivity contribution >= 4 is 7.75 Å². The van der Waals surface area contributed by atoms with Crippen molar-refractivity contribution in [2.75, 3.05) is 26.3 Å².